The molecule has 1 unspecified atom stereocenters. The molecule has 2 aliphatic rings. The highest BCUT2D eigenvalue weighted by Crippen LogP contribution is 2.33. The lowest BCUT2D eigenvalue weighted by Gasteiger charge is -2.32. The second kappa shape index (κ2) is 11.2. The van der Waals surface area contributed by atoms with Crippen molar-refractivity contribution in [3.05, 3.63) is 87.4 Å². The summed E-state index contributed by atoms with van der Waals surface area (Å²) in [5.41, 5.74) is 5.62. The maximum atomic E-state index is 12.8. The van der Waals surface area contributed by atoms with E-state index in [1.54, 1.807) is 0 Å². The minimum absolute atomic E-state index is 0.0134. The summed E-state index contributed by atoms with van der Waals surface area (Å²) in [5, 5.41) is 4.22. The third-order valence-corrected chi connectivity index (χ3v) is 7.87. The van der Waals surface area contributed by atoms with Crippen molar-refractivity contribution in [1.82, 2.24) is 15.1 Å². The first-order valence-electron chi connectivity index (χ1n) is 12.5. The third-order valence-electron chi connectivity index (χ3n) is 7.13. The van der Waals surface area contributed by atoms with Crippen molar-refractivity contribution in [2.45, 2.75) is 25.4 Å². The van der Waals surface area contributed by atoms with Crippen LogP contribution in [0.1, 0.15) is 29.2 Å². The number of ether oxygens (including phenoxy) is 1. The number of nitrogens with one attached hydrogen (secondary N) is 1. The van der Waals surface area contributed by atoms with E-state index in [1.807, 2.05) is 36.4 Å². The van der Waals surface area contributed by atoms with Crippen LogP contribution in [-0.4, -0.2) is 55.5 Å². The van der Waals surface area contributed by atoms with Crippen molar-refractivity contribution in [2.75, 3.05) is 39.8 Å². The monoisotopic (exact) mass is 523 g/mol. The van der Waals surface area contributed by atoms with E-state index in [9.17, 15) is 4.79 Å². The van der Waals surface area contributed by atoms with E-state index in [-0.39, 0.29) is 18.6 Å². The SMILES string of the molecule is CN1CCN(Cc2cc(-c3ccc(Cl)c(Cl)c3)ccc2OCC(=O)NC2CCc3ccccc32)CC1. The normalized spacial score (nSPS) is 18.1. The Labute approximate surface area is 222 Å². The molecule has 0 bridgehead atoms. The molecule has 5 rings (SSSR count). The minimum Gasteiger partial charge on any atom is -0.483 e. The highest BCUT2D eigenvalue weighted by molar-refractivity contribution is 6.42. The van der Waals surface area contributed by atoms with Crippen molar-refractivity contribution in [1.29, 1.82) is 0 Å². The van der Waals surface area contributed by atoms with Gasteiger partial charge < -0.3 is 15.0 Å². The number of rotatable bonds is 7. The predicted octanol–water partition coefficient (Wildman–Crippen LogP) is 5.59. The summed E-state index contributed by atoms with van der Waals surface area (Å²) in [4.78, 5) is 17.6. The number of carbonyl (C=O) groups excluding carboxylic acids is 1. The molecule has 5 nitrogen and oxygen atoms in total. The Bertz CT molecular complexity index is 1240. The quantitative estimate of drug-likeness (QED) is 0.438. The molecule has 0 aromatic heterocycles. The van der Waals surface area contributed by atoms with E-state index in [4.69, 9.17) is 27.9 Å². The average Bonchev–Trinajstić information content (AvgIpc) is 3.29. The van der Waals surface area contributed by atoms with Crippen molar-refractivity contribution in [3.8, 4) is 16.9 Å². The van der Waals surface area contributed by atoms with Gasteiger partial charge in [-0.3, -0.25) is 9.69 Å². The Balaban J connectivity index is 1.31. The van der Waals surface area contributed by atoms with E-state index in [2.05, 4.69) is 46.4 Å². The first-order valence-corrected chi connectivity index (χ1v) is 13.2. The van der Waals surface area contributed by atoms with E-state index < -0.39 is 0 Å². The zero-order chi connectivity index (χ0) is 25.1. The van der Waals surface area contributed by atoms with Crippen LogP contribution in [0.2, 0.25) is 10.0 Å². The largest absolute Gasteiger partial charge is 0.483 e. The van der Waals surface area contributed by atoms with Crippen LogP contribution >= 0.6 is 23.2 Å². The lowest BCUT2D eigenvalue weighted by Crippen LogP contribution is -2.43. The molecule has 1 aliphatic carbocycles. The summed E-state index contributed by atoms with van der Waals surface area (Å²) in [6.07, 6.45) is 1.92. The standard InChI is InChI=1S/C29H31Cl2N3O2/c1-33-12-14-34(15-13-33)18-23-16-21(22-6-9-25(30)26(31)17-22)8-11-28(23)36-19-29(35)32-27-10-7-20-4-2-3-5-24(20)27/h2-6,8-9,11,16-17,27H,7,10,12-15,18-19H2,1H3,(H,32,35). The van der Waals surface area contributed by atoms with Crippen LogP contribution in [0.15, 0.2) is 60.7 Å². The van der Waals surface area contributed by atoms with E-state index in [0.717, 1.165) is 68.0 Å². The molecule has 0 saturated carbocycles. The van der Waals surface area contributed by atoms with Crippen LogP contribution < -0.4 is 10.1 Å². The van der Waals surface area contributed by atoms with Gasteiger partial charge in [0.25, 0.3) is 5.91 Å². The highest BCUT2D eigenvalue weighted by Gasteiger charge is 2.24. The fourth-order valence-corrected chi connectivity index (χ4v) is 5.33. The van der Waals surface area contributed by atoms with E-state index >= 15 is 0 Å². The molecule has 188 valence electrons. The lowest BCUT2D eigenvalue weighted by molar-refractivity contribution is -0.123. The first kappa shape index (κ1) is 25.1. The average molecular weight is 524 g/mol. The van der Waals surface area contributed by atoms with Gasteiger partial charge in [-0.25, -0.2) is 0 Å². The fraction of sp³-hybridized carbons (Fsp3) is 0.345. The highest BCUT2D eigenvalue weighted by atomic mass is 35.5. The molecule has 1 N–H and O–H groups in total. The van der Waals surface area contributed by atoms with Crippen LogP contribution in [0.3, 0.4) is 0 Å². The Morgan fingerprint density at radius 1 is 0.972 bits per heavy atom. The zero-order valence-electron chi connectivity index (χ0n) is 20.5. The van der Waals surface area contributed by atoms with Crippen LogP contribution in [0.4, 0.5) is 0 Å². The van der Waals surface area contributed by atoms with Crippen molar-refractivity contribution < 1.29 is 9.53 Å². The Morgan fingerprint density at radius 2 is 1.72 bits per heavy atom. The summed E-state index contributed by atoms with van der Waals surface area (Å²) < 4.78 is 6.10. The third kappa shape index (κ3) is 5.87. The van der Waals surface area contributed by atoms with Gasteiger partial charge >= 0.3 is 0 Å². The summed E-state index contributed by atoms with van der Waals surface area (Å²) in [6, 6.07) is 20.1. The number of likely N-dealkylation sites (N-methyl/N-ethyl adjacent to an activating group) is 1. The summed E-state index contributed by atoms with van der Waals surface area (Å²) >= 11 is 12.4. The molecule has 1 amide bonds. The molecule has 1 fully saturated rings. The number of piperazine rings is 1. The van der Waals surface area contributed by atoms with Gasteiger partial charge in [0.05, 0.1) is 16.1 Å². The van der Waals surface area contributed by atoms with Gasteiger partial charge in [0.15, 0.2) is 6.61 Å². The molecule has 1 atom stereocenters. The van der Waals surface area contributed by atoms with Crippen molar-refractivity contribution in [2.24, 2.45) is 0 Å². The van der Waals surface area contributed by atoms with Crippen molar-refractivity contribution in [3.63, 3.8) is 0 Å². The molecular weight excluding hydrogens is 493 g/mol. The van der Waals surface area contributed by atoms with Gasteiger partial charge in [-0.05, 0) is 66.4 Å². The molecule has 3 aromatic carbocycles. The van der Waals surface area contributed by atoms with E-state index in [0.29, 0.717) is 10.0 Å². The van der Waals surface area contributed by atoms with Gasteiger partial charge in [0, 0.05) is 38.3 Å². The minimum atomic E-state index is -0.101. The summed E-state index contributed by atoms with van der Waals surface area (Å²) in [7, 11) is 2.15. The molecular formula is C29H31Cl2N3O2. The number of halogens is 2. The van der Waals surface area contributed by atoms with Crippen LogP contribution in [-0.2, 0) is 17.8 Å². The number of amides is 1. The number of benzene rings is 3. The molecule has 36 heavy (non-hydrogen) atoms. The maximum absolute atomic E-state index is 12.8. The zero-order valence-corrected chi connectivity index (χ0v) is 22.0. The number of fused-ring (bicyclic) bond motifs is 1. The summed E-state index contributed by atoms with van der Waals surface area (Å²) in [6.45, 7) is 4.81. The number of hydrogen-bond donors (Lipinski definition) is 1. The van der Waals surface area contributed by atoms with E-state index in [1.165, 1.54) is 11.1 Å². The van der Waals surface area contributed by atoms with Crippen LogP contribution in [0.5, 0.6) is 5.75 Å². The molecule has 1 aliphatic heterocycles. The first-order chi connectivity index (χ1) is 17.5. The topological polar surface area (TPSA) is 44.8 Å². The van der Waals surface area contributed by atoms with Gasteiger partial charge in [-0.1, -0.05) is 59.6 Å². The Hall–Kier alpha value is -2.57. The Kier molecular flexibility index (Phi) is 7.82. The molecule has 1 saturated heterocycles. The molecule has 1 heterocycles. The van der Waals surface area contributed by atoms with Crippen molar-refractivity contribution >= 4 is 29.1 Å². The second-order valence-electron chi connectivity index (χ2n) is 9.68. The van der Waals surface area contributed by atoms with Crippen LogP contribution in [0.25, 0.3) is 11.1 Å². The van der Waals surface area contributed by atoms with Gasteiger partial charge in [0.2, 0.25) is 0 Å². The van der Waals surface area contributed by atoms with Gasteiger partial charge in [0.1, 0.15) is 5.75 Å². The number of hydrogen-bond acceptors (Lipinski definition) is 4. The predicted molar refractivity (Wildman–Crippen MR) is 146 cm³/mol. The fourth-order valence-electron chi connectivity index (χ4n) is 5.03. The number of carbonyl (C=O) groups is 1. The molecule has 3 aromatic rings. The lowest BCUT2D eigenvalue weighted by atomic mass is 10.0. The summed E-state index contributed by atoms with van der Waals surface area (Å²) in [5.74, 6) is 0.635. The Morgan fingerprint density at radius 3 is 2.53 bits per heavy atom. The molecule has 7 heteroatoms. The van der Waals surface area contributed by atoms with Gasteiger partial charge in [-0.2, -0.15) is 0 Å². The smallest absolute Gasteiger partial charge is 0.258 e. The molecule has 0 radical (unpaired) electrons. The molecule has 0 spiro atoms. The second-order valence-corrected chi connectivity index (χ2v) is 10.5. The maximum Gasteiger partial charge on any atom is 0.258 e. The number of nitrogens with zero attached hydrogens (tertiary/aromatic N) is 2. The number of aryl methyl sites for hydroxylation is 1. The van der Waals surface area contributed by atoms with Gasteiger partial charge in [-0.15, -0.1) is 0 Å². The van der Waals surface area contributed by atoms with Crippen LogP contribution in [0, 0.1) is 0 Å².